The van der Waals surface area contributed by atoms with Crippen molar-refractivity contribution in [3.8, 4) is 0 Å². The van der Waals surface area contributed by atoms with Crippen LogP contribution in [0.5, 0.6) is 0 Å². The van der Waals surface area contributed by atoms with Crippen molar-refractivity contribution in [3.63, 3.8) is 0 Å². The lowest BCUT2D eigenvalue weighted by Gasteiger charge is -2.10. The first-order valence-electron chi connectivity index (χ1n) is 6.23. The summed E-state index contributed by atoms with van der Waals surface area (Å²) in [7, 11) is 0. The average molecular weight is 334 g/mol. The van der Waals surface area contributed by atoms with E-state index in [1.165, 1.54) is 0 Å². The summed E-state index contributed by atoms with van der Waals surface area (Å²) in [5.41, 5.74) is 9.58. The van der Waals surface area contributed by atoms with Crippen molar-refractivity contribution in [2.24, 2.45) is 0 Å². The monoisotopic (exact) mass is 333 g/mol. The number of hydrogen-bond donors (Lipinski definition) is 2. The van der Waals surface area contributed by atoms with Gasteiger partial charge in [-0.2, -0.15) is 0 Å². The number of hydrogen-bond acceptors (Lipinski definition) is 3. The van der Waals surface area contributed by atoms with Gasteiger partial charge in [0.25, 0.3) is 5.91 Å². The van der Waals surface area contributed by atoms with Crippen LogP contribution in [0, 0.1) is 13.8 Å². The summed E-state index contributed by atoms with van der Waals surface area (Å²) in [4.78, 5) is 16.6. The average Bonchev–Trinajstić information content (AvgIpc) is 2.40. The highest BCUT2D eigenvalue weighted by molar-refractivity contribution is 9.10. The first kappa shape index (κ1) is 14.5. The van der Waals surface area contributed by atoms with Gasteiger partial charge >= 0.3 is 0 Å². The van der Waals surface area contributed by atoms with Gasteiger partial charge in [-0.3, -0.25) is 9.78 Å². The van der Waals surface area contributed by atoms with E-state index in [-0.39, 0.29) is 5.91 Å². The lowest BCUT2D eigenvalue weighted by Crippen LogP contribution is -2.24. The summed E-state index contributed by atoms with van der Waals surface area (Å²) in [5.74, 6) is -0.154. The van der Waals surface area contributed by atoms with Crippen LogP contribution in [0.4, 0.5) is 5.69 Å². The molecule has 0 aliphatic rings. The number of carbonyl (C=O) groups excluding carboxylic acids is 1. The Morgan fingerprint density at radius 1 is 1.35 bits per heavy atom. The molecule has 0 aliphatic carbocycles. The standard InChI is InChI=1S/C15H16BrN3O/c1-9-4-3-5-12(19-9)8-18-15(20)13-6-11(16)7-14(17)10(13)2/h3-7H,8,17H2,1-2H3,(H,18,20). The first-order valence-corrected chi connectivity index (χ1v) is 7.03. The van der Waals surface area contributed by atoms with Crippen LogP contribution < -0.4 is 11.1 Å². The highest BCUT2D eigenvalue weighted by Crippen LogP contribution is 2.22. The van der Waals surface area contributed by atoms with Crippen LogP contribution in [-0.4, -0.2) is 10.9 Å². The predicted octanol–water partition coefficient (Wildman–Crippen LogP) is 2.97. The highest BCUT2D eigenvalue weighted by atomic mass is 79.9. The minimum atomic E-state index is -0.154. The van der Waals surface area contributed by atoms with Crippen LogP contribution in [0.25, 0.3) is 0 Å². The number of nitrogens with two attached hydrogens (primary N) is 1. The van der Waals surface area contributed by atoms with Crippen molar-refractivity contribution in [2.75, 3.05) is 5.73 Å². The van der Waals surface area contributed by atoms with Gasteiger partial charge in [-0.1, -0.05) is 22.0 Å². The summed E-state index contributed by atoms with van der Waals surface area (Å²) >= 11 is 3.35. The second-order valence-corrected chi connectivity index (χ2v) is 5.54. The molecular weight excluding hydrogens is 318 g/mol. The molecule has 1 aromatic heterocycles. The zero-order chi connectivity index (χ0) is 14.7. The van der Waals surface area contributed by atoms with Gasteiger partial charge in [-0.15, -0.1) is 0 Å². The lowest BCUT2D eigenvalue weighted by atomic mass is 10.1. The molecule has 1 aromatic carbocycles. The molecule has 0 unspecified atom stereocenters. The van der Waals surface area contributed by atoms with Gasteiger partial charge in [-0.05, 0) is 43.7 Å². The Balaban J connectivity index is 2.13. The zero-order valence-corrected chi connectivity index (χ0v) is 13.0. The van der Waals surface area contributed by atoms with Gasteiger partial charge in [0.1, 0.15) is 0 Å². The quantitative estimate of drug-likeness (QED) is 0.848. The van der Waals surface area contributed by atoms with Crippen LogP contribution in [0.15, 0.2) is 34.8 Å². The molecule has 0 radical (unpaired) electrons. The van der Waals surface area contributed by atoms with E-state index in [4.69, 9.17) is 5.73 Å². The number of anilines is 1. The third-order valence-corrected chi connectivity index (χ3v) is 3.49. The van der Waals surface area contributed by atoms with E-state index in [0.29, 0.717) is 17.8 Å². The summed E-state index contributed by atoms with van der Waals surface area (Å²) in [6.07, 6.45) is 0. The molecule has 1 amide bonds. The Labute approximate surface area is 126 Å². The van der Waals surface area contributed by atoms with Crippen LogP contribution in [0.1, 0.15) is 27.3 Å². The fraction of sp³-hybridized carbons (Fsp3) is 0.200. The Morgan fingerprint density at radius 2 is 2.10 bits per heavy atom. The molecule has 2 aromatic rings. The van der Waals surface area contributed by atoms with Gasteiger partial charge in [0, 0.05) is 21.4 Å². The van der Waals surface area contributed by atoms with Crippen LogP contribution in [0.3, 0.4) is 0 Å². The van der Waals surface area contributed by atoms with Crippen LogP contribution in [0.2, 0.25) is 0 Å². The molecule has 0 bridgehead atoms. The molecule has 5 heteroatoms. The van der Waals surface area contributed by atoms with Gasteiger partial charge in [0.2, 0.25) is 0 Å². The lowest BCUT2D eigenvalue weighted by molar-refractivity contribution is 0.0949. The van der Waals surface area contributed by atoms with E-state index < -0.39 is 0 Å². The maximum Gasteiger partial charge on any atom is 0.251 e. The highest BCUT2D eigenvalue weighted by Gasteiger charge is 2.12. The number of carbonyl (C=O) groups is 1. The number of pyridine rings is 1. The second kappa shape index (κ2) is 6.05. The first-order chi connectivity index (χ1) is 9.47. The number of rotatable bonds is 3. The molecule has 3 N–H and O–H groups in total. The Morgan fingerprint density at radius 3 is 2.80 bits per heavy atom. The number of aromatic nitrogens is 1. The van der Waals surface area contributed by atoms with Crippen molar-refractivity contribution in [1.82, 2.24) is 10.3 Å². The van der Waals surface area contributed by atoms with E-state index in [1.807, 2.05) is 32.0 Å². The van der Waals surface area contributed by atoms with Crippen molar-refractivity contribution in [2.45, 2.75) is 20.4 Å². The Bertz CT molecular complexity index is 656. The summed E-state index contributed by atoms with van der Waals surface area (Å²) in [6, 6.07) is 9.28. The summed E-state index contributed by atoms with van der Waals surface area (Å²) < 4.78 is 0.791. The molecule has 0 atom stereocenters. The van der Waals surface area contributed by atoms with E-state index in [9.17, 15) is 4.79 Å². The van der Waals surface area contributed by atoms with Crippen molar-refractivity contribution in [1.29, 1.82) is 0 Å². The van der Waals surface area contributed by atoms with Gasteiger partial charge in [-0.25, -0.2) is 0 Å². The number of nitrogens with one attached hydrogen (secondary N) is 1. The summed E-state index contributed by atoms with van der Waals surface area (Å²) in [6.45, 7) is 4.15. The second-order valence-electron chi connectivity index (χ2n) is 4.62. The molecule has 0 saturated heterocycles. The number of halogens is 1. The van der Waals surface area contributed by atoms with Crippen molar-refractivity contribution < 1.29 is 4.79 Å². The van der Waals surface area contributed by atoms with E-state index in [1.54, 1.807) is 12.1 Å². The normalized spacial score (nSPS) is 10.3. The molecule has 2 rings (SSSR count). The minimum absolute atomic E-state index is 0.154. The summed E-state index contributed by atoms with van der Waals surface area (Å²) in [5, 5.41) is 2.86. The molecule has 20 heavy (non-hydrogen) atoms. The zero-order valence-electron chi connectivity index (χ0n) is 11.4. The van der Waals surface area contributed by atoms with Crippen molar-refractivity contribution in [3.05, 3.63) is 57.3 Å². The molecule has 0 saturated carbocycles. The number of aryl methyl sites for hydroxylation is 1. The van der Waals surface area contributed by atoms with Crippen molar-refractivity contribution >= 4 is 27.5 Å². The van der Waals surface area contributed by atoms with Gasteiger partial charge in [0.15, 0.2) is 0 Å². The molecule has 0 fully saturated rings. The molecule has 1 heterocycles. The molecule has 0 aliphatic heterocycles. The Hall–Kier alpha value is -1.88. The molecule has 104 valence electrons. The maximum absolute atomic E-state index is 12.2. The van der Waals surface area contributed by atoms with Gasteiger partial charge < -0.3 is 11.1 Å². The van der Waals surface area contributed by atoms with E-state index in [0.717, 1.165) is 21.4 Å². The third kappa shape index (κ3) is 3.36. The largest absolute Gasteiger partial charge is 0.398 e. The van der Waals surface area contributed by atoms with Crippen LogP contribution >= 0.6 is 15.9 Å². The fourth-order valence-electron chi connectivity index (χ4n) is 1.90. The van der Waals surface area contributed by atoms with Crippen LogP contribution in [-0.2, 0) is 6.54 Å². The maximum atomic E-state index is 12.2. The number of amides is 1. The Kier molecular flexibility index (Phi) is 4.39. The molecule has 0 spiro atoms. The van der Waals surface area contributed by atoms with E-state index >= 15 is 0 Å². The number of nitrogen functional groups attached to an aromatic ring is 1. The smallest absolute Gasteiger partial charge is 0.251 e. The minimum Gasteiger partial charge on any atom is -0.398 e. The van der Waals surface area contributed by atoms with E-state index in [2.05, 4.69) is 26.2 Å². The number of benzene rings is 1. The molecular formula is C15H16BrN3O. The topological polar surface area (TPSA) is 68.0 Å². The molecule has 4 nitrogen and oxygen atoms in total. The predicted molar refractivity (Wildman–Crippen MR) is 83.4 cm³/mol. The third-order valence-electron chi connectivity index (χ3n) is 3.03. The van der Waals surface area contributed by atoms with Gasteiger partial charge in [0.05, 0.1) is 12.2 Å². The number of nitrogens with zero attached hydrogens (tertiary/aromatic N) is 1. The SMILES string of the molecule is Cc1cccc(CNC(=O)c2cc(Br)cc(N)c2C)n1. The fourth-order valence-corrected chi connectivity index (χ4v) is 2.38.